The van der Waals surface area contributed by atoms with E-state index in [0.717, 1.165) is 21.6 Å². The summed E-state index contributed by atoms with van der Waals surface area (Å²) >= 11 is 1.45. The second kappa shape index (κ2) is 5.51. The highest BCUT2D eigenvalue weighted by Crippen LogP contribution is 2.20. The number of para-hydroxylation sites is 1. The van der Waals surface area contributed by atoms with Gasteiger partial charge in [-0.1, -0.05) is 24.3 Å². The highest BCUT2D eigenvalue weighted by atomic mass is 32.1. The SMILES string of the molecule is C[C@H](Cc1cc2ccccc2o1)NC(=O)c1cccs1. The van der Waals surface area contributed by atoms with Crippen LogP contribution in [0.3, 0.4) is 0 Å². The zero-order valence-corrected chi connectivity index (χ0v) is 11.9. The normalized spacial score (nSPS) is 12.4. The Labute approximate surface area is 121 Å². The van der Waals surface area contributed by atoms with Crippen molar-refractivity contribution in [2.45, 2.75) is 19.4 Å². The molecule has 0 aliphatic heterocycles. The average molecular weight is 285 g/mol. The first-order valence-corrected chi connectivity index (χ1v) is 7.42. The molecule has 1 atom stereocenters. The van der Waals surface area contributed by atoms with Crippen LogP contribution in [-0.4, -0.2) is 11.9 Å². The van der Waals surface area contributed by atoms with Crippen molar-refractivity contribution < 1.29 is 9.21 Å². The molecular formula is C16H15NO2S. The highest BCUT2D eigenvalue weighted by Gasteiger charge is 2.13. The van der Waals surface area contributed by atoms with Crippen molar-refractivity contribution in [3.8, 4) is 0 Å². The molecule has 102 valence electrons. The maximum Gasteiger partial charge on any atom is 0.261 e. The van der Waals surface area contributed by atoms with Crippen LogP contribution < -0.4 is 5.32 Å². The topological polar surface area (TPSA) is 42.2 Å². The Kier molecular flexibility index (Phi) is 3.56. The van der Waals surface area contributed by atoms with Crippen LogP contribution in [0.5, 0.6) is 0 Å². The predicted molar refractivity (Wildman–Crippen MR) is 81.2 cm³/mol. The summed E-state index contributed by atoms with van der Waals surface area (Å²) in [5, 5.41) is 5.98. The van der Waals surface area contributed by atoms with Gasteiger partial charge in [-0.3, -0.25) is 4.79 Å². The number of furan rings is 1. The van der Waals surface area contributed by atoms with Gasteiger partial charge in [0, 0.05) is 17.8 Å². The maximum atomic E-state index is 11.9. The molecule has 3 rings (SSSR count). The number of rotatable bonds is 4. The molecule has 2 heterocycles. The quantitative estimate of drug-likeness (QED) is 0.791. The molecule has 0 fully saturated rings. The van der Waals surface area contributed by atoms with Gasteiger partial charge in [0.2, 0.25) is 0 Å². The first-order valence-electron chi connectivity index (χ1n) is 6.54. The number of hydrogen-bond donors (Lipinski definition) is 1. The number of carbonyl (C=O) groups is 1. The zero-order valence-electron chi connectivity index (χ0n) is 11.1. The number of hydrogen-bond acceptors (Lipinski definition) is 3. The summed E-state index contributed by atoms with van der Waals surface area (Å²) in [6.07, 6.45) is 0.686. The molecule has 2 aromatic heterocycles. The van der Waals surface area contributed by atoms with Crippen molar-refractivity contribution in [1.82, 2.24) is 5.32 Å². The first kappa shape index (κ1) is 12.9. The minimum atomic E-state index is -0.0244. The van der Waals surface area contributed by atoms with E-state index in [4.69, 9.17) is 4.42 Å². The summed E-state index contributed by atoms with van der Waals surface area (Å²) in [6, 6.07) is 13.7. The molecular weight excluding hydrogens is 270 g/mol. The van der Waals surface area contributed by atoms with Crippen LogP contribution in [0.4, 0.5) is 0 Å². The second-order valence-electron chi connectivity index (χ2n) is 4.81. The van der Waals surface area contributed by atoms with Crippen LogP contribution in [-0.2, 0) is 6.42 Å². The Hall–Kier alpha value is -2.07. The standard InChI is InChI=1S/C16H15NO2S/c1-11(17-16(18)15-7-4-8-20-15)9-13-10-12-5-2-3-6-14(12)19-13/h2-8,10-11H,9H2,1H3,(H,17,18)/t11-/m1/s1. The molecule has 0 saturated heterocycles. The van der Waals surface area contributed by atoms with Gasteiger partial charge in [-0.05, 0) is 30.5 Å². The fraction of sp³-hybridized carbons (Fsp3) is 0.188. The Morgan fingerprint density at radius 2 is 2.15 bits per heavy atom. The van der Waals surface area contributed by atoms with E-state index < -0.39 is 0 Å². The van der Waals surface area contributed by atoms with E-state index >= 15 is 0 Å². The number of amides is 1. The number of thiophene rings is 1. The molecule has 4 heteroatoms. The average Bonchev–Trinajstić information content (AvgIpc) is 3.07. The molecule has 0 aliphatic carbocycles. The molecule has 0 spiro atoms. The Morgan fingerprint density at radius 3 is 2.90 bits per heavy atom. The molecule has 0 radical (unpaired) electrons. The molecule has 3 aromatic rings. The van der Waals surface area contributed by atoms with Crippen molar-refractivity contribution in [3.63, 3.8) is 0 Å². The minimum absolute atomic E-state index is 0.0244. The van der Waals surface area contributed by atoms with E-state index in [1.807, 2.05) is 54.8 Å². The lowest BCUT2D eigenvalue weighted by molar-refractivity contribution is 0.0943. The van der Waals surface area contributed by atoms with Gasteiger partial charge in [-0.2, -0.15) is 0 Å². The summed E-state index contributed by atoms with van der Waals surface area (Å²) in [5.41, 5.74) is 0.888. The number of fused-ring (bicyclic) bond motifs is 1. The van der Waals surface area contributed by atoms with Gasteiger partial charge < -0.3 is 9.73 Å². The van der Waals surface area contributed by atoms with Crippen LogP contribution >= 0.6 is 11.3 Å². The second-order valence-corrected chi connectivity index (χ2v) is 5.75. The van der Waals surface area contributed by atoms with Crippen molar-refractivity contribution in [2.24, 2.45) is 0 Å². The number of carbonyl (C=O) groups excluding carboxylic acids is 1. The summed E-state index contributed by atoms with van der Waals surface area (Å²) in [4.78, 5) is 12.7. The van der Waals surface area contributed by atoms with E-state index in [0.29, 0.717) is 6.42 Å². The summed E-state index contributed by atoms with van der Waals surface area (Å²) in [6.45, 7) is 1.98. The summed E-state index contributed by atoms with van der Waals surface area (Å²) in [5.74, 6) is 0.869. The zero-order chi connectivity index (χ0) is 13.9. The molecule has 0 unspecified atom stereocenters. The molecule has 1 N–H and O–H groups in total. The van der Waals surface area contributed by atoms with Gasteiger partial charge in [0.1, 0.15) is 11.3 Å². The van der Waals surface area contributed by atoms with Gasteiger partial charge in [0.25, 0.3) is 5.91 Å². The summed E-state index contributed by atoms with van der Waals surface area (Å²) < 4.78 is 5.76. The molecule has 1 amide bonds. The van der Waals surface area contributed by atoms with E-state index in [9.17, 15) is 4.79 Å². The van der Waals surface area contributed by atoms with Crippen molar-refractivity contribution in [1.29, 1.82) is 0 Å². The van der Waals surface area contributed by atoms with E-state index in [2.05, 4.69) is 5.32 Å². The number of nitrogens with one attached hydrogen (secondary N) is 1. The lowest BCUT2D eigenvalue weighted by Gasteiger charge is -2.11. The largest absolute Gasteiger partial charge is 0.461 e. The third-order valence-electron chi connectivity index (χ3n) is 3.11. The van der Waals surface area contributed by atoms with Crippen molar-refractivity contribution >= 4 is 28.2 Å². The highest BCUT2D eigenvalue weighted by molar-refractivity contribution is 7.12. The van der Waals surface area contributed by atoms with Crippen LogP contribution in [0.1, 0.15) is 22.4 Å². The summed E-state index contributed by atoms with van der Waals surface area (Å²) in [7, 11) is 0. The Morgan fingerprint density at radius 1 is 1.30 bits per heavy atom. The minimum Gasteiger partial charge on any atom is -0.461 e. The van der Waals surface area contributed by atoms with Gasteiger partial charge in [0.15, 0.2) is 0 Å². The van der Waals surface area contributed by atoms with Gasteiger partial charge in [-0.25, -0.2) is 0 Å². The monoisotopic (exact) mass is 285 g/mol. The van der Waals surface area contributed by atoms with Crippen LogP contribution in [0.2, 0.25) is 0 Å². The first-order chi connectivity index (χ1) is 9.72. The molecule has 20 heavy (non-hydrogen) atoms. The fourth-order valence-corrected chi connectivity index (χ4v) is 2.82. The van der Waals surface area contributed by atoms with E-state index in [-0.39, 0.29) is 11.9 Å². The lowest BCUT2D eigenvalue weighted by Crippen LogP contribution is -2.33. The van der Waals surface area contributed by atoms with Crippen molar-refractivity contribution in [3.05, 3.63) is 58.5 Å². The van der Waals surface area contributed by atoms with E-state index in [1.165, 1.54) is 11.3 Å². The van der Waals surface area contributed by atoms with Gasteiger partial charge in [-0.15, -0.1) is 11.3 Å². The third kappa shape index (κ3) is 2.75. The fourth-order valence-electron chi connectivity index (χ4n) is 2.19. The van der Waals surface area contributed by atoms with Crippen molar-refractivity contribution in [2.75, 3.05) is 0 Å². The lowest BCUT2D eigenvalue weighted by atomic mass is 10.2. The molecule has 3 nitrogen and oxygen atoms in total. The number of benzene rings is 1. The van der Waals surface area contributed by atoms with Gasteiger partial charge >= 0.3 is 0 Å². The van der Waals surface area contributed by atoms with Crippen LogP contribution in [0, 0.1) is 0 Å². The molecule has 0 bridgehead atoms. The molecule has 0 saturated carbocycles. The Balaban J connectivity index is 1.66. The van der Waals surface area contributed by atoms with Crippen LogP contribution in [0.15, 0.2) is 52.3 Å². The third-order valence-corrected chi connectivity index (χ3v) is 3.98. The Bertz CT molecular complexity index is 682. The predicted octanol–water partition coefficient (Wildman–Crippen LogP) is 3.86. The molecule has 0 aliphatic rings. The smallest absolute Gasteiger partial charge is 0.261 e. The maximum absolute atomic E-state index is 11.9. The molecule has 1 aromatic carbocycles. The van der Waals surface area contributed by atoms with Crippen LogP contribution in [0.25, 0.3) is 11.0 Å². The van der Waals surface area contributed by atoms with Gasteiger partial charge in [0.05, 0.1) is 4.88 Å². The van der Waals surface area contributed by atoms with E-state index in [1.54, 1.807) is 0 Å².